The van der Waals surface area contributed by atoms with Gasteiger partial charge in [0.05, 0.1) is 11.7 Å². The zero-order valence-electron chi connectivity index (χ0n) is 6.70. The van der Waals surface area contributed by atoms with E-state index in [1.807, 2.05) is 12.3 Å². The predicted octanol–water partition coefficient (Wildman–Crippen LogP) is 1.02. The molecule has 4 N–H and O–H groups in total. The van der Waals surface area contributed by atoms with Gasteiger partial charge in [0.25, 0.3) is 0 Å². The van der Waals surface area contributed by atoms with Crippen molar-refractivity contribution in [3.05, 3.63) is 18.5 Å². The Hall–Kier alpha value is -2.04. The van der Waals surface area contributed by atoms with Crippen LogP contribution in [0, 0.1) is 0 Å². The standard InChI is InChI=1S/C8H7N5/c9-8-12-5-3-11-7-4(1-2-10-7)6(5)13-8/h1-3H,(H,10,11)(H3,9,12,13). The third-order valence-corrected chi connectivity index (χ3v) is 2.05. The molecule has 0 spiro atoms. The number of nitrogens with one attached hydrogen (secondary N) is 2. The van der Waals surface area contributed by atoms with Crippen LogP contribution in [-0.2, 0) is 0 Å². The number of pyridine rings is 1. The molecule has 0 aliphatic rings. The van der Waals surface area contributed by atoms with Crippen LogP contribution in [0.2, 0.25) is 0 Å². The Balaban J connectivity index is 2.64. The monoisotopic (exact) mass is 173 g/mol. The second-order valence-corrected chi connectivity index (χ2v) is 2.88. The van der Waals surface area contributed by atoms with Crippen LogP contribution in [0.25, 0.3) is 22.1 Å². The number of aromatic nitrogens is 4. The lowest BCUT2D eigenvalue weighted by atomic mass is 10.3. The molecule has 3 aromatic heterocycles. The molecule has 3 rings (SSSR count). The van der Waals surface area contributed by atoms with Crippen molar-refractivity contribution in [1.29, 1.82) is 0 Å². The summed E-state index contributed by atoms with van der Waals surface area (Å²) in [5, 5.41) is 0.991. The summed E-state index contributed by atoms with van der Waals surface area (Å²) in [5.74, 6) is 0.422. The Kier molecular flexibility index (Phi) is 0.999. The molecule has 3 heterocycles. The van der Waals surface area contributed by atoms with Gasteiger partial charge in [-0.15, -0.1) is 0 Å². The average Bonchev–Trinajstić information content (AvgIpc) is 2.65. The van der Waals surface area contributed by atoms with Crippen molar-refractivity contribution in [2.45, 2.75) is 0 Å². The summed E-state index contributed by atoms with van der Waals surface area (Å²) < 4.78 is 0. The van der Waals surface area contributed by atoms with Crippen molar-refractivity contribution >= 4 is 28.0 Å². The average molecular weight is 173 g/mol. The lowest BCUT2D eigenvalue weighted by molar-refractivity contribution is 1.32. The summed E-state index contributed by atoms with van der Waals surface area (Å²) in [6.07, 6.45) is 3.56. The summed E-state index contributed by atoms with van der Waals surface area (Å²) in [4.78, 5) is 14.3. The van der Waals surface area contributed by atoms with Gasteiger partial charge in [-0.3, -0.25) is 0 Å². The number of rotatable bonds is 0. The molecule has 0 amide bonds. The highest BCUT2D eigenvalue weighted by Gasteiger charge is 2.05. The lowest BCUT2D eigenvalue weighted by Crippen LogP contribution is -1.84. The molecule has 0 saturated carbocycles. The minimum Gasteiger partial charge on any atom is -0.369 e. The third kappa shape index (κ3) is 0.752. The minimum atomic E-state index is 0.422. The Morgan fingerprint density at radius 2 is 2.31 bits per heavy atom. The Morgan fingerprint density at radius 3 is 3.23 bits per heavy atom. The lowest BCUT2D eigenvalue weighted by Gasteiger charge is -1.88. The molecule has 5 nitrogen and oxygen atoms in total. The summed E-state index contributed by atoms with van der Waals surface area (Å²) in [7, 11) is 0. The highest BCUT2D eigenvalue weighted by atomic mass is 15.0. The maximum atomic E-state index is 5.55. The molecule has 0 saturated heterocycles. The molecule has 0 atom stereocenters. The topological polar surface area (TPSA) is 83.4 Å². The van der Waals surface area contributed by atoms with E-state index in [1.165, 1.54) is 0 Å². The van der Waals surface area contributed by atoms with Crippen LogP contribution in [0.4, 0.5) is 5.95 Å². The van der Waals surface area contributed by atoms with E-state index < -0.39 is 0 Å². The highest BCUT2D eigenvalue weighted by Crippen LogP contribution is 2.20. The molecule has 0 unspecified atom stereocenters. The SMILES string of the molecule is Nc1nc2c(cnc3[nH]ccc32)[nH]1. The number of aromatic amines is 2. The molecule has 13 heavy (non-hydrogen) atoms. The number of hydrogen-bond acceptors (Lipinski definition) is 3. The van der Waals surface area contributed by atoms with Gasteiger partial charge in [0.15, 0.2) is 5.95 Å². The smallest absolute Gasteiger partial charge is 0.198 e. The normalized spacial score (nSPS) is 11.4. The minimum absolute atomic E-state index is 0.422. The Labute approximate surface area is 73.0 Å². The molecule has 0 radical (unpaired) electrons. The second kappa shape index (κ2) is 2.01. The van der Waals surface area contributed by atoms with Gasteiger partial charge in [0, 0.05) is 11.6 Å². The quantitative estimate of drug-likeness (QED) is 0.474. The van der Waals surface area contributed by atoms with Crippen molar-refractivity contribution in [1.82, 2.24) is 19.9 Å². The van der Waals surface area contributed by atoms with Gasteiger partial charge in [0.1, 0.15) is 11.2 Å². The number of nitrogens with two attached hydrogens (primary N) is 1. The number of hydrogen-bond donors (Lipinski definition) is 3. The third-order valence-electron chi connectivity index (χ3n) is 2.05. The van der Waals surface area contributed by atoms with Gasteiger partial charge in [-0.25, -0.2) is 9.97 Å². The zero-order valence-corrected chi connectivity index (χ0v) is 6.70. The first-order chi connectivity index (χ1) is 6.34. The number of nitrogens with zero attached hydrogens (tertiary/aromatic N) is 2. The molecule has 0 aliphatic heterocycles. The number of anilines is 1. The number of H-pyrrole nitrogens is 2. The number of imidazole rings is 1. The van der Waals surface area contributed by atoms with E-state index in [-0.39, 0.29) is 0 Å². The van der Waals surface area contributed by atoms with Crippen LogP contribution in [-0.4, -0.2) is 19.9 Å². The van der Waals surface area contributed by atoms with Gasteiger partial charge in [-0.1, -0.05) is 0 Å². The van der Waals surface area contributed by atoms with Crippen LogP contribution in [0.15, 0.2) is 18.5 Å². The molecule has 0 bridgehead atoms. The van der Waals surface area contributed by atoms with Gasteiger partial charge in [-0.2, -0.15) is 0 Å². The van der Waals surface area contributed by atoms with E-state index in [0.717, 1.165) is 22.1 Å². The largest absolute Gasteiger partial charge is 0.369 e. The molecule has 0 aliphatic carbocycles. The van der Waals surface area contributed by atoms with E-state index in [9.17, 15) is 0 Å². The molecular formula is C8H7N5. The van der Waals surface area contributed by atoms with E-state index in [4.69, 9.17) is 5.73 Å². The van der Waals surface area contributed by atoms with Crippen LogP contribution in [0.5, 0.6) is 0 Å². The molecule has 0 aromatic carbocycles. The van der Waals surface area contributed by atoms with Crippen molar-refractivity contribution < 1.29 is 0 Å². The molecule has 0 fully saturated rings. The molecular weight excluding hydrogens is 166 g/mol. The van der Waals surface area contributed by atoms with Gasteiger partial charge < -0.3 is 15.7 Å². The molecule has 3 aromatic rings. The maximum absolute atomic E-state index is 5.55. The zero-order chi connectivity index (χ0) is 8.84. The van der Waals surface area contributed by atoms with E-state index in [1.54, 1.807) is 6.20 Å². The van der Waals surface area contributed by atoms with Crippen molar-refractivity contribution in [2.75, 3.05) is 5.73 Å². The highest BCUT2D eigenvalue weighted by molar-refractivity contribution is 6.01. The van der Waals surface area contributed by atoms with Crippen molar-refractivity contribution in [3.8, 4) is 0 Å². The summed E-state index contributed by atoms with van der Waals surface area (Å²) in [5.41, 5.74) is 8.11. The molecule has 5 heteroatoms. The summed E-state index contributed by atoms with van der Waals surface area (Å²) in [6.45, 7) is 0. The van der Waals surface area contributed by atoms with Gasteiger partial charge >= 0.3 is 0 Å². The summed E-state index contributed by atoms with van der Waals surface area (Å²) in [6, 6.07) is 1.94. The van der Waals surface area contributed by atoms with Crippen LogP contribution in [0.3, 0.4) is 0 Å². The number of fused-ring (bicyclic) bond motifs is 3. The van der Waals surface area contributed by atoms with Crippen LogP contribution < -0.4 is 5.73 Å². The first-order valence-corrected chi connectivity index (χ1v) is 3.92. The Bertz CT molecular complexity index is 576. The predicted molar refractivity (Wildman–Crippen MR) is 50.2 cm³/mol. The second-order valence-electron chi connectivity index (χ2n) is 2.88. The van der Waals surface area contributed by atoms with Crippen LogP contribution in [0.1, 0.15) is 0 Å². The molecule has 64 valence electrons. The first kappa shape index (κ1) is 6.47. The fraction of sp³-hybridized carbons (Fsp3) is 0. The van der Waals surface area contributed by atoms with Gasteiger partial charge in [0.2, 0.25) is 0 Å². The number of nitrogen functional groups attached to an aromatic ring is 1. The Morgan fingerprint density at radius 1 is 1.38 bits per heavy atom. The van der Waals surface area contributed by atoms with Crippen molar-refractivity contribution in [3.63, 3.8) is 0 Å². The van der Waals surface area contributed by atoms with Gasteiger partial charge in [-0.05, 0) is 6.07 Å². The van der Waals surface area contributed by atoms with E-state index in [2.05, 4.69) is 19.9 Å². The summed E-state index contributed by atoms with van der Waals surface area (Å²) >= 11 is 0. The first-order valence-electron chi connectivity index (χ1n) is 3.92. The fourth-order valence-corrected chi connectivity index (χ4v) is 1.49. The van der Waals surface area contributed by atoms with Crippen LogP contribution >= 0.6 is 0 Å². The fourth-order valence-electron chi connectivity index (χ4n) is 1.49. The van der Waals surface area contributed by atoms with E-state index in [0.29, 0.717) is 5.95 Å². The van der Waals surface area contributed by atoms with Crippen molar-refractivity contribution in [2.24, 2.45) is 0 Å². The van der Waals surface area contributed by atoms with E-state index >= 15 is 0 Å². The maximum Gasteiger partial charge on any atom is 0.198 e.